The number of rotatable bonds is 20. The van der Waals surface area contributed by atoms with Crippen LogP contribution in [0.25, 0.3) is 0 Å². The minimum Gasteiger partial charge on any atom is -0.351 e. The van der Waals surface area contributed by atoms with E-state index < -0.39 is 0 Å². The van der Waals surface area contributed by atoms with Gasteiger partial charge in [-0.1, -0.05) is 41.0 Å². The highest BCUT2D eigenvalue weighted by Crippen LogP contribution is 2.25. The summed E-state index contributed by atoms with van der Waals surface area (Å²) in [7, 11) is 2.04. The second kappa shape index (κ2) is 16.4. The molecule has 0 aromatic heterocycles. The lowest BCUT2D eigenvalue weighted by molar-refractivity contribution is -0.124. The first-order valence-electron chi connectivity index (χ1n) is 14.1. The molecule has 0 fully saturated rings. The van der Waals surface area contributed by atoms with Gasteiger partial charge in [0.15, 0.2) is 0 Å². The number of nitrogens with one attached hydrogen (secondary N) is 2. The summed E-state index contributed by atoms with van der Waals surface area (Å²) in [5.41, 5.74) is -0.335. The predicted molar refractivity (Wildman–Crippen MR) is 151 cm³/mol. The van der Waals surface area contributed by atoms with Crippen molar-refractivity contribution in [2.75, 3.05) is 39.8 Å². The van der Waals surface area contributed by atoms with Crippen LogP contribution in [-0.2, 0) is 14.4 Å². The van der Waals surface area contributed by atoms with Gasteiger partial charge in [-0.3, -0.25) is 14.4 Å². The van der Waals surface area contributed by atoms with E-state index in [1.807, 2.05) is 34.7 Å². The molecule has 0 saturated carbocycles. The number of carbonyl (C=O) groups excluding carboxylic acids is 3. The summed E-state index contributed by atoms with van der Waals surface area (Å²) in [5, 5.41) is 6.20. The summed E-state index contributed by atoms with van der Waals surface area (Å²) in [6.07, 6.45) is 5.73. The highest BCUT2D eigenvalue weighted by molar-refractivity contribution is 5.79. The molecule has 0 atom stereocenters. The number of Topliss-reactive ketones (excluding diaryl/α,β-unsaturated/α-hetero) is 1. The molecule has 7 nitrogen and oxygen atoms in total. The lowest BCUT2D eigenvalue weighted by atomic mass is 9.84. The van der Waals surface area contributed by atoms with Gasteiger partial charge < -0.3 is 20.4 Å². The highest BCUT2D eigenvalue weighted by atomic mass is 16.2. The van der Waals surface area contributed by atoms with E-state index in [4.69, 9.17) is 0 Å². The van der Waals surface area contributed by atoms with Crippen LogP contribution in [0.4, 0.5) is 0 Å². The second-order valence-electron chi connectivity index (χ2n) is 12.6. The molecule has 0 aliphatic heterocycles. The average molecular weight is 511 g/mol. The van der Waals surface area contributed by atoms with Gasteiger partial charge in [-0.05, 0) is 72.5 Å². The molecule has 0 radical (unpaired) electrons. The summed E-state index contributed by atoms with van der Waals surface area (Å²) in [5.74, 6) is 0.440. The van der Waals surface area contributed by atoms with Gasteiger partial charge in [0.05, 0.1) is 0 Å². The van der Waals surface area contributed by atoms with Gasteiger partial charge in [0, 0.05) is 56.4 Å². The van der Waals surface area contributed by atoms with Gasteiger partial charge in [-0.15, -0.1) is 0 Å². The average Bonchev–Trinajstić information content (AvgIpc) is 2.78. The molecule has 2 N–H and O–H groups in total. The van der Waals surface area contributed by atoms with E-state index in [0.29, 0.717) is 51.1 Å². The van der Waals surface area contributed by atoms with Crippen LogP contribution in [0.5, 0.6) is 0 Å². The molecule has 7 heteroatoms. The van der Waals surface area contributed by atoms with Crippen LogP contribution in [0.15, 0.2) is 0 Å². The van der Waals surface area contributed by atoms with E-state index in [1.165, 1.54) is 0 Å². The number of nitrogens with zero attached hydrogens (tertiary/aromatic N) is 2. The SMILES string of the molecule is CCC(C)(C)CC(=O)CCN(CCCN(C)CCC(=O)NC(C)(C)CC)CCC(=O)NC(C)(C)CC. The van der Waals surface area contributed by atoms with Gasteiger partial charge in [0.2, 0.25) is 11.8 Å². The van der Waals surface area contributed by atoms with Crippen molar-refractivity contribution in [2.45, 2.75) is 125 Å². The van der Waals surface area contributed by atoms with Crippen LogP contribution in [-0.4, -0.2) is 78.2 Å². The highest BCUT2D eigenvalue weighted by Gasteiger charge is 2.22. The largest absolute Gasteiger partial charge is 0.351 e. The van der Waals surface area contributed by atoms with Gasteiger partial charge in [0.1, 0.15) is 5.78 Å². The monoisotopic (exact) mass is 510 g/mol. The maximum Gasteiger partial charge on any atom is 0.221 e. The smallest absolute Gasteiger partial charge is 0.221 e. The Balaban J connectivity index is 4.74. The maximum absolute atomic E-state index is 12.6. The lowest BCUT2D eigenvalue weighted by Crippen LogP contribution is -2.44. The molecule has 0 aliphatic carbocycles. The summed E-state index contributed by atoms with van der Waals surface area (Å²) in [4.78, 5) is 41.7. The molecular weight excluding hydrogens is 452 g/mol. The lowest BCUT2D eigenvalue weighted by Gasteiger charge is -2.27. The Kier molecular flexibility index (Phi) is 15.7. The van der Waals surface area contributed by atoms with Crippen LogP contribution >= 0.6 is 0 Å². The van der Waals surface area contributed by atoms with E-state index in [-0.39, 0.29) is 28.3 Å². The minimum absolute atomic E-state index is 0.0366. The molecule has 0 aliphatic rings. The molecule has 0 rings (SSSR count). The predicted octanol–water partition coefficient (Wildman–Crippen LogP) is 4.79. The van der Waals surface area contributed by atoms with E-state index >= 15 is 0 Å². The summed E-state index contributed by atoms with van der Waals surface area (Å²) in [6, 6.07) is 0. The molecule has 36 heavy (non-hydrogen) atoms. The van der Waals surface area contributed by atoms with Crippen molar-refractivity contribution in [3.63, 3.8) is 0 Å². The Hall–Kier alpha value is -1.47. The zero-order chi connectivity index (χ0) is 28.0. The summed E-state index contributed by atoms with van der Waals surface area (Å²) >= 11 is 0. The summed E-state index contributed by atoms with van der Waals surface area (Å²) < 4.78 is 0. The molecular formula is C29H58N4O3. The molecule has 212 valence electrons. The van der Waals surface area contributed by atoms with E-state index in [0.717, 1.165) is 38.8 Å². The van der Waals surface area contributed by atoms with Crippen LogP contribution in [0.1, 0.15) is 114 Å². The first-order valence-corrected chi connectivity index (χ1v) is 14.1. The van der Waals surface area contributed by atoms with Crippen molar-refractivity contribution < 1.29 is 14.4 Å². The fourth-order valence-corrected chi connectivity index (χ4v) is 3.65. The Bertz CT molecular complexity index is 639. The van der Waals surface area contributed by atoms with Crippen LogP contribution in [0.3, 0.4) is 0 Å². The fourth-order valence-electron chi connectivity index (χ4n) is 3.65. The normalized spacial score (nSPS) is 12.8. The zero-order valence-electron chi connectivity index (χ0n) is 25.3. The molecule has 2 amide bonds. The van der Waals surface area contributed by atoms with Gasteiger partial charge >= 0.3 is 0 Å². The first-order chi connectivity index (χ1) is 16.5. The zero-order valence-corrected chi connectivity index (χ0v) is 25.3. The van der Waals surface area contributed by atoms with Crippen molar-refractivity contribution >= 4 is 17.6 Å². The van der Waals surface area contributed by atoms with Gasteiger partial charge in [-0.25, -0.2) is 0 Å². The maximum atomic E-state index is 12.6. The van der Waals surface area contributed by atoms with Gasteiger partial charge in [-0.2, -0.15) is 0 Å². The summed E-state index contributed by atoms with van der Waals surface area (Å²) in [6.45, 7) is 22.4. The molecule has 0 saturated heterocycles. The van der Waals surface area contributed by atoms with Crippen LogP contribution in [0.2, 0.25) is 0 Å². The third-order valence-electron chi connectivity index (χ3n) is 7.45. The third kappa shape index (κ3) is 17.1. The third-order valence-corrected chi connectivity index (χ3v) is 7.45. The van der Waals surface area contributed by atoms with Gasteiger partial charge in [0.25, 0.3) is 0 Å². The number of amides is 2. The van der Waals surface area contributed by atoms with Crippen molar-refractivity contribution in [1.29, 1.82) is 0 Å². The van der Waals surface area contributed by atoms with E-state index in [9.17, 15) is 14.4 Å². The Labute approximate surface area is 222 Å². The quantitative estimate of drug-likeness (QED) is 0.246. The second-order valence-corrected chi connectivity index (χ2v) is 12.6. The van der Waals surface area contributed by atoms with Crippen molar-refractivity contribution in [3.05, 3.63) is 0 Å². The number of ketones is 1. The Morgan fingerprint density at radius 2 is 1.11 bits per heavy atom. The topological polar surface area (TPSA) is 81.8 Å². The van der Waals surface area contributed by atoms with Crippen LogP contribution in [0, 0.1) is 5.41 Å². The first kappa shape index (κ1) is 34.5. The van der Waals surface area contributed by atoms with Crippen molar-refractivity contribution in [2.24, 2.45) is 5.41 Å². The molecule has 0 bridgehead atoms. The Morgan fingerprint density at radius 3 is 1.58 bits per heavy atom. The minimum atomic E-state index is -0.203. The van der Waals surface area contributed by atoms with Crippen molar-refractivity contribution in [3.8, 4) is 0 Å². The standard InChI is InChI=1S/C29H58N4O3/c1-11-27(4,5)23-24(34)15-21-33(22-17-26(36)31-29(8,9)13-3)19-14-18-32(10)20-16-25(35)30-28(6,7)12-2/h11-23H2,1-10H3,(H,30,35)(H,31,36). The molecule has 0 aromatic rings. The number of hydrogen-bond acceptors (Lipinski definition) is 5. The molecule has 0 aromatic carbocycles. The van der Waals surface area contributed by atoms with Crippen molar-refractivity contribution in [1.82, 2.24) is 20.4 Å². The number of hydrogen-bond donors (Lipinski definition) is 2. The molecule has 0 unspecified atom stereocenters. The molecule has 0 spiro atoms. The molecule has 0 heterocycles. The number of carbonyl (C=O) groups is 3. The Morgan fingerprint density at radius 1 is 0.639 bits per heavy atom. The van der Waals surface area contributed by atoms with E-state index in [1.54, 1.807) is 0 Å². The fraction of sp³-hybridized carbons (Fsp3) is 0.897. The van der Waals surface area contributed by atoms with E-state index in [2.05, 4.69) is 55.1 Å². The van der Waals surface area contributed by atoms with Crippen LogP contribution < -0.4 is 10.6 Å².